The first-order chi connectivity index (χ1) is 16.5. The summed E-state index contributed by atoms with van der Waals surface area (Å²) in [5, 5.41) is 10.5. The third-order valence-corrected chi connectivity index (χ3v) is 8.16. The van der Waals surface area contributed by atoms with Crippen molar-refractivity contribution in [1.29, 1.82) is 5.26 Å². The van der Waals surface area contributed by atoms with Gasteiger partial charge in [0, 0.05) is 53.3 Å². The van der Waals surface area contributed by atoms with E-state index in [9.17, 15) is 10.1 Å². The number of allylic oxidation sites excluding steroid dienone is 3. The van der Waals surface area contributed by atoms with Gasteiger partial charge in [0.1, 0.15) is 5.82 Å². The van der Waals surface area contributed by atoms with Crippen LogP contribution in [0.25, 0.3) is 0 Å². The highest BCUT2D eigenvalue weighted by atomic mass is 35.5. The Morgan fingerprint density at radius 1 is 1.35 bits per heavy atom. The summed E-state index contributed by atoms with van der Waals surface area (Å²) in [5.74, 6) is -0.0736. The van der Waals surface area contributed by atoms with Crippen LogP contribution in [0.2, 0.25) is 5.15 Å². The third kappa shape index (κ3) is 4.03. The standard InChI is InChI=1S/C25H26ClN5O2S/c1-15-16(14-30-8-10-33-11-9-30)12-21(34-15)22-17(13-27)25(28)31(19-5-3-7-29-24(19)26)18-4-2-6-20(32)23(18)22/h3,5,7,12,22H,2,4,6,8-11,14,28H2,1H3/t22-/m1/s1. The van der Waals surface area contributed by atoms with Crippen LogP contribution in [0.4, 0.5) is 5.69 Å². The minimum Gasteiger partial charge on any atom is -0.384 e. The Labute approximate surface area is 208 Å². The van der Waals surface area contributed by atoms with E-state index in [-0.39, 0.29) is 10.9 Å². The minimum absolute atomic E-state index is 0.0669. The lowest BCUT2D eigenvalue weighted by molar-refractivity contribution is -0.116. The van der Waals surface area contributed by atoms with Crippen LogP contribution in [-0.2, 0) is 16.1 Å². The first-order valence-corrected chi connectivity index (χ1v) is 12.6. The van der Waals surface area contributed by atoms with E-state index >= 15 is 0 Å². The van der Waals surface area contributed by atoms with Crippen LogP contribution in [0.15, 0.2) is 47.1 Å². The first-order valence-electron chi connectivity index (χ1n) is 11.5. The van der Waals surface area contributed by atoms with E-state index in [4.69, 9.17) is 22.1 Å². The summed E-state index contributed by atoms with van der Waals surface area (Å²) in [4.78, 5) is 23.8. The fraction of sp³-hybridized carbons (Fsp3) is 0.400. The number of anilines is 1. The van der Waals surface area contributed by atoms with Crippen LogP contribution in [-0.4, -0.2) is 42.0 Å². The Morgan fingerprint density at radius 3 is 2.88 bits per heavy atom. The summed E-state index contributed by atoms with van der Waals surface area (Å²) in [6, 6.07) is 8.08. The summed E-state index contributed by atoms with van der Waals surface area (Å²) in [5.41, 5.74) is 10.3. The lowest BCUT2D eigenvalue weighted by atomic mass is 9.78. The Bertz CT molecular complexity index is 1240. The van der Waals surface area contributed by atoms with Gasteiger partial charge in [0.05, 0.1) is 36.5 Å². The van der Waals surface area contributed by atoms with Gasteiger partial charge in [-0.2, -0.15) is 5.26 Å². The average molecular weight is 496 g/mol. The molecule has 0 saturated carbocycles. The summed E-state index contributed by atoms with van der Waals surface area (Å²) in [7, 11) is 0. The molecule has 0 spiro atoms. The molecule has 3 aliphatic rings. The molecule has 0 amide bonds. The fourth-order valence-electron chi connectivity index (χ4n) is 5.03. The molecule has 5 rings (SSSR count). The van der Waals surface area contributed by atoms with Gasteiger partial charge in [-0.05, 0) is 43.5 Å². The van der Waals surface area contributed by atoms with Crippen molar-refractivity contribution < 1.29 is 9.53 Å². The number of nitrogens with two attached hydrogens (primary N) is 1. The maximum absolute atomic E-state index is 13.3. The minimum atomic E-state index is -0.457. The van der Waals surface area contributed by atoms with Crippen molar-refractivity contribution in [1.82, 2.24) is 9.88 Å². The maximum Gasteiger partial charge on any atom is 0.161 e. The number of halogens is 1. The number of Topliss-reactive ketones (excluding diaryl/α,β-unsaturated/α-hetero) is 1. The van der Waals surface area contributed by atoms with E-state index < -0.39 is 5.92 Å². The van der Waals surface area contributed by atoms with E-state index in [1.807, 2.05) is 6.07 Å². The lowest BCUT2D eigenvalue weighted by Crippen LogP contribution is -2.38. The molecule has 1 aliphatic carbocycles. The number of hydrogen-bond donors (Lipinski definition) is 1. The van der Waals surface area contributed by atoms with E-state index in [2.05, 4.69) is 28.9 Å². The van der Waals surface area contributed by atoms with Gasteiger partial charge in [0.15, 0.2) is 10.9 Å². The second-order valence-corrected chi connectivity index (χ2v) is 10.4. The molecule has 34 heavy (non-hydrogen) atoms. The SMILES string of the molecule is Cc1sc([C@H]2C(C#N)=C(N)N(c3cccnc3Cl)C3=C2C(=O)CCC3)cc1CN1CCOCC1. The van der Waals surface area contributed by atoms with Crippen LogP contribution in [0.1, 0.15) is 40.5 Å². The number of carbonyl (C=O) groups excluding carboxylic acids is 1. The lowest BCUT2D eigenvalue weighted by Gasteiger charge is -2.39. The first kappa shape index (κ1) is 23.1. The molecule has 0 unspecified atom stereocenters. The number of rotatable bonds is 4. The van der Waals surface area contributed by atoms with Crippen LogP contribution in [0, 0.1) is 18.3 Å². The molecular weight excluding hydrogens is 470 g/mol. The molecule has 0 bridgehead atoms. The Balaban J connectivity index is 1.61. The van der Waals surface area contributed by atoms with E-state index in [1.54, 1.807) is 28.5 Å². The maximum atomic E-state index is 13.3. The van der Waals surface area contributed by atoms with Crippen molar-refractivity contribution in [3.8, 4) is 6.07 Å². The van der Waals surface area contributed by atoms with Crippen LogP contribution in [0.5, 0.6) is 0 Å². The molecule has 0 aromatic carbocycles. The molecule has 7 nitrogen and oxygen atoms in total. The number of thiophene rings is 1. The molecule has 1 saturated heterocycles. The van der Waals surface area contributed by atoms with Crippen molar-refractivity contribution in [3.63, 3.8) is 0 Å². The number of pyridine rings is 1. The number of morpholine rings is 1. The van der Waals surface area contributed by atoms with Gasteiger partial charge in [0.25, 0.3) is 0 Å². The van der Waals surface area contributed by atoms with E-state index in [0.29, 0.717) is 35.5 Å². The van der Waals surface area contributed by atoms with E-state index in [1.165, 1.54) is 10.4 Å². The Hall–Kier alpha value is -2.70. The monoisotopic (exact) mass is 495 g/mol. The Morgan fingerprint density at radius 2 is 2.15 bits per heavy atom. The summed E-state index contributed by atoms with van der Waals surface area (Å²) >= 11 is 8.07. The van der Waals surface area contributed by atoms with Gasteiger partial charge < -0.3 is 10.5 Å². The summed E-state index contributed by atoms with van der Waals surface area (Å²) in [6.45, 7) is 6.22. The second-order valence-electron chi connectivity index (χ2n) is 8.75. The molecular formula is C25H26ClN5O2S. The Kier molecular flexibility index (Phi) is 6.45. The van der Waals surface area contributed by atoms with Crippen molar-refractivity contribution in [3.05, 3.63) is 67.5 Å². The van der Waals surface area contributed by atoms with Crippen molar-refractivity contribution >= 4 is 34.4 Å². The number of aromatic nitrogens is 1. The fourth-order valence-corrected chi connectivity index (χ4v) is 6.40. The van der Waals surface area contributed by atoms with Crippen molar-refractivity contribution in [2.24, 2.45) is 5.73 Å². The highest BCUT2D eigenvalue weighted by Crippen LogP contribution is 2.48. The molecule has 176 valence electrons. The van der Waals surface area contributed by atoms with Gasteiger partial charge in [-0.15, -0.1) is 11.3 Å². The quantitative estimate of drug-likeness (QED) is 0.633. The highest BCUT2D eigenvalue weighted by Gasteiger charge is 2.41. The molecule has 1 fully saturated rings. The van der Waals surface area contributed by atoms with Gasteiger partial charge in [-0.1, -0.05) is 11.6 Å². The molecule has 2 aliphatic heterocycles. The molecule has 0 radical (unpaired) electrons. The molecule has 2 aromatic heterocycles. The second kappa shape index (κ2) is 9.51. The van der Waals surface area contributed by atoms with Crippen molar-refractivity contribution in [2.75, 3.05) is 31.2 Å². The zero-order valence-electron chi connectivity index (χ0n) is 19.0. The molecule has 2 aromatic rings. The number of nitrogens with zero attached hydrogens (tertiary/aromatic N) is 4. The van der Waals surface area contributed by atoms with Crippen LogP contribution >= 0.6 is 22.9 Å². The van der Waals surface area contributed by atoms with Gasteiger partial charge in [0.2, 0.25) is 0 Å². The molecule has 9 heteroatoms. The van der Waals surface area contributed by atoms with Crippen LogP contribution < -0.4 is 10.6 Å². The number of carbonyl (C=O) groups is 1. The molecule has 1 atom stereocenters. The highest BCUT2D eigenvalue weighted by molar-refractivity contribution is 7.12. The van der Waals surface area contributed by atoms with Gasteiger partial charge in [-0.25, -0.2) is 4.98 Å². The summed E-state index contributed by atoms with van der Waals surface area (Å²) in [6.07, 6.45) is 3.50. The topological polar surface area (TPSA) is 95.5 Å². The molecule has 2 N–H and O–H groups in total. The third-order valence-electron chi connectivity index (χ3n) is 6.72. The number of ketones is 1. The van der Waals surface area contributed by atoms with E-state index in [0.717, 1.165) is 49.8 Å². The smallest absolute Gasteiger partial charge is 0.161 e. The predicted octanol–water partition coefficient (Wildman–Crippen LogP) is 4.24. The van der Waals surface area contributed by atoms with Crippen molar-refractivity contribution in [2.45, 2.75) is 38.6 Å². The number of ether oxygens (including phenoxy) is 1. The number of nitriles is 1. The van der Waals surface area contributed by atoms with Crippen LogP contribution in [0.3, 0.4) is 0 Å². The normalized spacial score (nSPS) is 21.6. The molecule has 4 heterocycles. The van der Waals surface area contributed by atoms with Gasteiger partial charge in [-0.3, -0.25) is 14.6 Å². The zero-order valence-corrected chi connectivity index (χ0v) is 20.6. The number of aryl methyl sites for hydroxylation is 1. The average Bonchev–Trinajstić information content (AvgIpc) is 3.19. The largest absolute Gasteiger partial charge is 0.384 e. The number of hydrogen-bond acceptors (Lipinski definition) is 8. The van der Waals surface area contributed by atoms with Gasteiger partial charge >= 0.3 is 0 Å². The summed E-state index contributed by atoms with van der Waals surface area (Å²) < 4.78 is 5.48. The predicted molar refractivity (Wildman–Crippen MR) is 132 cm³/mol. The zero-order chi connectivity index (χ0) is 23.8.